The zero-order chi connectivity index (χ0) is 16.1. The summed E-state index contributed by atoms with van der Waals surface area (Å²) in [5, 5.41) is 11.3. The number of carbonyl (C=O) groups is 2. The molecule has 22 heavy (non-hydrogen) atoms. The number of aryl methyl sites for hydroxylation is 1. The predicted molar refractivity (Wildman–Crippen MR) is 82.7 cm³/mol. The molecule has 1 atom stereocenters. The van der Waals surface area contributed by atoms with E-state index in [0.717, 1.165) is 0 Å². The Morgan fingerprint density at radius 1 is 1.41 bits per heavy atom. The Hall–Kier alpha value is -2.22. The van der Waals surface area contributed by atoms with E-state index >= 15 is 0 Å². The highest BCUT2D eigenvalue weighted by Gasteiger charge is 2.24. The molecule has 1 unspecified atom stereocenters. The number of aromatic nitrogens is 2. The molecule has 2 rings (SSSR count). The van der Waals surface area contributed by atoms with Gasteiger partial charge in [0.2, 0.25) is 5.91 Å². The third kappa shape index (κ3) is 4.39. The molecule has 2 heterocycles. The number of hydrogen-bond donors (Lipinski definition) is 2. The summed E-state index contributed by atoms with van der Waals surface area (Å²) in [6.45, 7) is 5.66. The molecule has 0 aliphatic heterocycles. The average Bonchev–Trinajstić information content (AvgIpc) is 3.08. The smallest absolute Gasteiger partial charge is 0.274 e. The van der Waals surface area contributed by atoms with Crippen molar-refractivity contribution in [3.63, 3.8) is 0 Å². The number of nitrogens with one attached hydrogen (secondary N) is 2. The SMILES string of the molecule is Cc1cc(C(=O)NC(CC(C)C)C(=O)Nc2nccs2)no1. The van der Waals surface area contributed by atoms with Gasteiger partial charge >= 0.3 is 0 Å². The van der Waals surface area contributed by atoms with Crippen LogP contribution in [0.2, 0.25) is 0 Å². The number of nitrogens with zero attached hydrogens (tertiary/aromatic N) is 2. The van der Waals surface area contributed by atoms with Crippen LogP contribution >= 0.6 is 11.3 Å². The van der Waals surface area contributed by atoms with Gasteiger partial charge in [-0.2, -0.15) is 0 Å². The third-order valence-corrected chi connectivity index (χ3v) is 3.54. The van der Waals surface area contributed by atoms with Crippen molar-refractivity contribution < 1.29 is 14.1 Å². The summed E-state index contributed by atoms with van der Waals surface area (Å²) in [5.74, 6) is 0.0539. The standard InChI is InChI=1S/C14H18N4O3S/c1-8(2)6-10(12(19)17-14-15-4-5-22-14)16-13(20)11-7-9(3)21-18-11/h4-5,7-8,10H,6H2,1-3H3,(H,16,20)(H,15,17,19). The molecule has 0 aliphatic carbocycles. The summed E-state index contributed by atoms with van der Waals surface area (Å²) < 4.78 is 4.87. The fourth-order valence-electron chi connectivity index (χ4n) is 1.89. The highest BCUT2D eigenvalue weighted by Crippen LogP contribution is 2.13. The first-order chi connectivity index (χ1) is 10.5. The second kappa shape index (κ2) is 7.17. The molecule has 118 valence electrons. The van der Waals surface area contributed by atoms with Gasteiger partial charge in [0.15, 0.2) is 10.8 Å². The number of anilines is 1. The van der Waals surface area contributed by atoms with Crippen molar-refractivity contribution in [2.24, 2.45) is 5.92 Å². The second-order valence-electron chi connectivity index (χ2n) is 5.30. The fraction of sp³-hybridized carbons (Fsp3) is 0.429. The van der Waals surface area contributed by atoms with E-state index in [1.807, 2.05) is 13.8 Å². The Bertz CT molecular complexity index is 636. The molecule has 2 aromatic rings. The van der Waals surface area contributed by atoms with Gasteiger partial charge in [-0.25, -0.2) is 4.98 Å². The minimum Gasteiger partial charge on any atom is -0.361 e. The Labute approximate surface area is 132 Å². The van der Waals surface area contributed by atoms with Gasteiger partial charge in [0.1, 0.15) is 11.8 Å². The van der Waals surface area contributed by atoms with E-state index in [9.17, 15) is 9.59 Å². The first kappa shape index (κ1) is 16.2. The van der Waals surface area contributed by atoms with Crippen molar-refractivity contribution in [2.45, 2.75) is 33.2 Å². The summed E-state index contributed by atoms with van der Waals surface area (Å²) in [7, 11) is 0. The zero-order valence-corrected chi connectivity index (χ0v) is 13.4. The van der Waals surface area contributed by atoms with Crippen LogP contribution in [0.1, 0.15) is 36.5 Å². The summed E-state index contributed by atoms with van der Waals surface area (Å²) in [4.78, 5) is 28.5. The van der Waals surface area contributed by atoms with Gasteiger partial charge in [0, 0.05) is 17.6 Å². The molecule has 0 saturated heterocycles. The first-order valence-corrected chi connectivity index (χ1v) is 7.78. The number of thiazole rings is 1. The van der Waals surface area contributed by atoms with E-state index in [4.69, 9.17) is 4.52 Å². The van der Waals surface area contributed by atoms with Gasteiger partial charge in [-0.1, -0.05) is 19.0 Å². The topological polar surface area (TPSA) is 97.1 Å². The molecule has 0 fully saturated rings. The second-order valence-corrected chi connectivity index (χ2v) is 6.20. The highest BCUT2D eigenvalue weighted by atomic mass is 32.1. The van der Waals surface area contributed by atoms with Crippen LogP contribution in [0.5, 0.6) is 0 Å². The normalized spacial score (nSPS) is 12.2. The fourth-order valence-corrected chi connectivity index (χ4v) is 2.42. The van der Waals surface area contributed by atoms with E-state index in [1.54, 1.807) is 18.5 Å². The number of amides is 2. The number of rotatable bonds is 6. The quantitative estimate of drug-likeness (QED) is 0.850. The molecule has 0 aromatic carbocycles. The molecule has 2 N–H and O–H groups in total. The van der Waals surface area contributed by atoms with Crippen LogP contribution in [0.3, 0.4) is 0 Å². The summed E-state index contributed by atoms with van der Waals surface area (Å²) >= 11 is 1.32. The van der Waals surface area contributed by atoms with Crippen molar-refractivity contribution in [2.75, 3.05) is 5.32 Å². The van der Waals surface area contributed by atoms with Gasteiger partial charge in [0.25, 0.3) is 5.91 Å². The molecular weight excluding hydrogens is 304 g/mol. The van der Waals surface area contributed by atoms with Gasteiger partial charge in [0.05, 0.1) is 0 Å². The third-order valence-electron chi connectivity index (χ3n) is 2.85. The maximum absolute atomic E-state index is 12.3. The number of carbonyl (C=O) groups excluding carboxylic acids is 2. The summed E-state index contributed by atoms with van der Waals surface area (Å²) in [6.07, 6.45) is 2.12. The molecule has 0 bridgehead atoms. The highest BCUT2D eigenvalue weighted by molar-refractivity contribution is 7.13. The molecule has 0 spiro atoms. The van der Waals surface area contributed by atoms with E-state index < -0.39 is 11.9 Å². The van der Waals surface area contributed by atoms with Crippen LogP contribution in [0.4, 0.5) is 5.13 Å². The van der Waals surface area contributed by atoms with E-state index in [2.05, 4.69) is 20.8 Å². The lowest BCUT2D eigenvalue weighted by atomic mass is 10.0. The minimum atomic E-state index is -0.659. The van der Waals surface area contributed by atoms with Crippen molar-refractivity contribution in [1.29, 1.82) is 0 Å². The van der Waals surface area contributed by atoms with Crippen LogP contribution in [0.25, 0.3) is 0 Å². The lowest BCUT2D eigenvalue weighted by Crippen LogP contribution is -2.44. The van der Waals surface area contributed by atoms with Gasteiger partial charge in [-0.3, -0.25) is 9.59 Å². The maximum atomic E-state index is 12.3. The van der Waals surface area contributed by atoms with Gasteiger partial charge in [-0.15, -0.1) is 11.3 Å². The average molecular weight is 322 g/mol. The van der Waals surface area contributed by atoms with Crippen molar-refractivity contribution in [3.05, 3.63) is 29.1 Å². The van der Waals surface area contributed by atoms with Gasteiger partial charge < -0.3 is 15.2 Å². The van der Waals surface area contributed by atoms with E-state index in [0.29, 0.717) is 17.3 Å². The molecule has 0 radical (unpaired) electrons. The largest absolute Gasteiger partial charge is 0.361 e. The van der Waals surface area contributed by atoms with Crippen molar-refractivity contribution >= 4 is 28.3 Å². The zero-order valence-electron chi connectivity index (χ0n) is 12.6. The van der Waals surface area contributed by atoms with E-state index in [1.165, 1.54) is 17.4 Å². The minimum absolute atomic E-state index is 0.160. The Balaban J connectivity index is 2.05. The lowest BCUT2D eigenvalue weighted by molar-refractivity contribution is -0.118. The monoisotopic (exact) mass is 322 g/mol. The Morgan fingerprint density at radius 2 is 2.18 bits per heavy atom. The van der Waals surface area contributed by atoms with Crippen molar-refractivity contribution in [1.82, 2.24) is 15.5 Å². The molecule has 2 amide bonds. The molecule has 7 nitrogen and oxygen atoms in total. The summed E-state index contributed by atoms with van der Waals surface area (Å²) in [5.41, 5.74) is 0.160. The number of hydrogen-bond acceptors (Lipinski definition) is 6. The van der Waals surface area contributed by atoms with Crippen LogP contribution < -0.4 is 10.6 Å². The van der Waals surface area contributed by atoms with Crippen LogP contribution in [0.15, 0.2) is 22.2 Å². The molecule has 2 aromatic heterocycles. The first-order valence-electron chi connectivity index (χ1n) is 6.90. The molecular formula is C14H18N4O3S. The van der Waals surface area contributed by atoms with Crippen LogP contribution in [-0.4, -0.2) is 28.0 Å². The molecule has 8 heteroatoms. The summed E-state index contributed by atoms with van der Waals surface area (Å²) in [6, 6.07) is 0.869. The predicted octanol–water partition coefficient (Wildman–Crippen LogP) is 2.22. The van der Waals surface area contributed by atoms with Crippen LogP contribution in [0, 0.1) is 12.8 Å². The van der Waals surface area contributed by atoms with Gasteiger partial charge in [-0.05, 0) is 19.3 Å². The Morgan fingerprint density at radius 3 is 2.73 bits per heavy atom. The van der Waals surface area contributed by atoms with E-state index in [-0.39, 0.29) is 17.5 Å². The Kier molecular flexibility index (Phi) is 5.26. The lowest BCUT2D eigenvalue weighted by Gasteiger charge is -2.18. The molecule has 0 aliphatic rings. The maximum Gasteiger partial charge on any atom is 0.274 e. The van der Waals surface area contributed by atoms with Crippen molar-refractivity contribution in [3.8, 4) is 0 Å². The molecule has 0 saturated carbocycles. The van der Waals surface area contributed by atoms with Crippen LogP contribution in [-0.2, 0) is 4.79 Å².